The Balaban J connectivity index is 1.89. The Morgan fingerprint density at radius 2 is 2.15 bits per heavy atom. The first-order chi connectivity index (χ1) is 9.35. The third-order valence-electron chi connectivity index (χ3n) is 3.12. The summed E-state index contributed by atoms with van der Waals surface area (Å²) in [5.41, 5.74) is 1.42. The van der Waals surface area contributed by atoms with E-state index in [2.05, 4.69) is 5.32 Å². The molecule has 0 atom stereocenters. The van der Waals surface area contributed by atoms with Crippen molar-refractivity contribution in [2.24, 2.45) is 5.92 Å². The number of halogens is 1. The molecule has 1 aliphatic heterocycles. The molecule has 1 aliphatic rings. The van der Waals surface area contributed by atoms with Gasteiger partial charge in [-0.15, -0.1) is 0 Å². The largest absolute Gasteiger partial charge is 0.352 e. The van der Waals surface area contributed by atoms with Crippen LogP contribution in [0.25, 0.3) is 6.08 Å². The number of nitrogens with one attached hydrogen (secondary N) is 1. The fourth-order valence-electron chi connectivity index (χ4n) is 2.08. The first-order valence-corrected chi connectivity index (χ1v) is 8.48. The lowest BCUT2D eigenvalue weighted by Crippen LogP contribution is -2.44. The van der Waals surface area contributed by atoms with Crippen LogP contribution in [0.5, 0.6) is 0 Å². The van der Waals surface area contributed by atoms with Crippen molar-refractivity contribution in [1.29, 1.82) is 0 Å². The fourth-order valence-corrected chi connectivity index (χ4v) is 3.85. The Bertz CT molecular complexity index is 640. The minimum Gasteiger partial charge on any atom is -0.352 e. The normalized spacial score (nSPS) is 18.4. The molecule has 1 fully saturated rings. The van der Waals surface area contributed by atoms with Gasteiger partial charge in [0, 0.05) is 23.1 Å². The molecule has 1 aromatic rings. The van der Waals surface area contributed by atoms with Crippen LogP contribution >= 0.6 is 11.6 Å². The Morgan fingerprint density at radius 3 is 2.75 bits per heavy atom. The number of sulfone groups is 1. The maximum atomic E-state index is 11.9. The first kappa shape index (κ1) is 15.1. The zero-order valence-corrected chi connectivity index (χ0v) is 12.7. The highest BCUT2D eigenvalue weighted by molar-refractivity contribution is 7.92. The predicted octanol–water partition coefficient (Wildman–Crippen LogP) is 1.90. The zero-order chi connectivity index (χ0) is 14.8. The molecule has 1 heterocycles. The molecule has 6 heteroatoms. The van der Waals surface area contributed by atoms with E-state index in [0.29, 0.717) is 17.1 Å². The van der Waals surface area contributed by atoms with Crippen molar-refractivity contribution in [3.05, 3.63) is 40.4 Å². The molecule has 20 heavy (non-hydrogen) atoms. The number of amides is 1. The molecule has 0 radical (unpaired) electrons. The van der Waals surface area contributed by atoms with E-state index < -0.39 is 9.84 Å². The number of hydrogen-bond donors (Lipinski definition) is 1. The van der Waals surface area contributed by atoms with Crippen molar-refractivity contribution >= 4 is 33.4 Å². The van der Waals surface area contributed by atoms with Crippen LogP contribution in [0.1, 0.15) is 12.5 Å². The summed E-state index contributed by atoms with van der Waals surface area (Å²) in [7, 11) is -2.83. The second-order valence-corrected chi connectivity index (χ2v) is 7.63. The van der Waals surface area contributed by atoms with Gasteiger partial charge in [-0.05, 0) is 30.7 Å². The Kier molecular flexibility index (Phi) is 4.50. The lowest BCUT2D eigenvalue weighted by molar-refractivity contribution is -0.117. The van der Waals surface area contributed by atoms with Gasteiger partial charge in [0.15, 0.2) is 9.84 Å². The average molecular weight is 314 g/mol. The van der Waals surface area contributed by atoms with Gasteiger partial charge in [0.2, 0.25) is 5.91 Å². The van der Waals surface area contributed by atoms with Crippen LogP contribution in [0.4, 0.5) is 0 Å². The standard InChI is InChI=1S/C14H16ClNO3S/c1-10(5-11-3-2-4-13(15)6-11)14(17)16-7-12-8-20(18,19)9-12/h2-6,12H,7-9H2,1H3,(H,16,17)/b10-5+. The third kappa shape index (κ3) is 4.08. The lowest BCUT2D eigenvalue weighted by atomic mass is 10.1. The summed E-state index contributed by atoms with van der Waals surface area (Å²) in [6, 6.07) is 7.22. The van der Waals surface area contributed by atoms with E-state index in [1.807, 2.05) is 12.1 Å². The van der Waals surface area contributed by atoms with Gasteiger partial charge in [0.25, 0.3) is 0 Å². The summed E-state index contributed by atoms with van der Waals surface area (Å²) < 4.78 is 22.0. The number of carbonyl (C=O) groups excluding carboxylic acids is 1. The molecule has 4 nitrogen and oxygen atoms in total. The molecule has 1 saturated heterocycles. The summed E-state index contributed by atoms with van der Waals surface area (Å²) in [5.74, 6) is 0.200. The van der Waals surface area contributed by atoms with E-state index in [-0.39, 0.29) is 23.3 Å². The summed E-state index contributed by atoms with van der Waals surface area (Å²) in [6.45, 7) is 2.12. The summed E-state index contributed by atoms with van der Waals surface area (Å²) in [4.78, 5) is 11.9. The third-order valence-corrected chi connectivity index (χ3v) is 5.31. The van der Waals surface area contributed by atoms with Crippen molar-refractivity contribution in [2.45, 2.75) is 6.92 Å². The molecule has 0 unspecified atom stereocenters. The summed E-state index contributed by atoms with van der Waals surface area (Å²) in [6.07, 6.45) is 1.75. The molecule has 2 rings (SSSR count). The van der Waals surface area contributed by atoms with E-state index in [1.54, 1.807) is 25.1 Å². The lowest BCUT2D eigenvalue weighted by Gasteiger charge is -2.25. The molecule has 0 bridgehead atoms. The van der Waals surface area contributed by atoms with Gasteiger partial charge >= 0.3 is 0 Å². The van der Waals surface area contributed by atoms with Crippen LogP contribution in [0.3, 0.4) is 0 Å². The molecular formula is C14H16ClNO3S. The van der Waals surface area contributed by atoms with Crippen LogP contribution in [-0.4, -0.2) is 32.4 Å². The van der Waals surface area contributed by atoms with Crippen LogP contribution in [0.2, 0.25) is 5.02 Å². The SMILES string of the molecule is C/C(=C\c1cccc(Cl)c1)C(=O)NCC1CS(=O)(=O)C1. The van der Waals surface area contributed by atoms with Crippen molar-refractivity contribution in [3.8, 4) is 0 Å². The summed E-state index contributed by atoms with van der Waals surface area (Å²) >= 11 is 5.88. The van der Waals surface area contributed by atoms with Crippen molar-refractivity contribution in [1.82, 2.24) is 5.32 Å². The minimum absolute atomic E-state index is 0.0444. The Morgan fingerprint density at radius 1 is 1.45 bits per heavy atom. The highest BCUT2D eigenvalue weighted by Gasteiger charge is 2.33. The topological polar surface area (TPSA) is 63.2 Å². The van der Waals surface area contributed by atoms with Crippen LogP contribution < -0.4 is 5.32 Å². The van der Waals surface area contributed by atoms with Gasteiger partial charge in [-0.1, -0.05) is 23.7 Å². The molecule has 0 aromatic heterocycles. The predicted molar refractivity (Wildman–Crippen MR) is 80.3 cm³/mol. The zero-order valence-electron chi connectivity index (χ0n) is 11.1. The van der Waals surface area contributed by atoms with E-state index in [4.69, 9.17) is 11.6 Å². The maximum Gasteiger partial charge on any atom is 0.246 e. The quantitative estimate of drug-likeness (QED) is 0.864. The highest BCUT2D eigenvalue weighted by Crippen LogP contribution is 2.17. The molecule has 1 aromatic carbocycles. The van der Waals surface area contributed by atoms with Crippen LogP contribution in [-0.2, 0) is 14.6 Å². The molecule has 0 spiro atoms. The smallest absolute Gasteiger partial charge is 0.246 e. The molecule has 0 saturated carbocycles. The van der Waals surface area contributed by atoms with Crippen LogP contribution in [0.15, 0.2) is 29.8 Å². The number of benzene rings is 1. The maximum absolute atomic E-state index is 11.9. The van der Waals surface area contributed by atoms with Gasteiger partial charge in [0.1, 0.15) is 0 Å². The monoisotopic (exact) mass is 313 g/mol. The van der Waals surface area contributed by atoms with Gasteiger partial charge in [-0.25, -0.2) is 8.42 Å². The average Bonchev–Trinajstić information content (AvgIpc) is 2.33. The number of carbonyl (C=O) groups is 1. The van der Waals surface area contributed by atoms with Crippen molar-refractivity contribution in [3.63, 3.8) is 0 Å². The Hall–Kier alpha value is -1.33. The molecule has 1 amide bonds. The van der Waals surface area contributed by atoms with Crippen molar-refractivity contribution in [2.75, 3.05) is 18.1 Å². The first-order valence-electron chi connectivity index (χ1n) is 6.28. The molecule has 0 aliphatic carbocycles. The number of hydrogen-bond acceptors (Lipinski definition) is 3. The van der Waals surface area contributed by atoms with Gasteiger partial charge in [-0.3, -0.25) is 4.79 Å². The van der Waals surface area contributed by atoms with Gasteiger partial charge < -0.3 is 5.32 Å². The minimum atomic E-state index is -2.83. The number of rotatable bonds is 4. The Labute approximate surface area is 123 Å². The van der Waals surface area contributed by atoms with Crippen LogP contribution in [0, 0.1) is 5.92 Å². The van der Waals surface area contributed by atoms with Crippen molar-refractivity contribution < 1.29 is 13.2 Å². The van der Waals surface area contributed by atoms with E-state index in [9.17, 15) is 13.2 Å². The van der Waals surface area contributed by atoms with Gasteiger partial charge in [0.05, 0.1) is 11.5 Å². The summed E-state index contributed by atoms with van der Waals surface area (Å²) in [5, 5.41) is 3.37. The second kappa shape index (κ2) is 5.97. The van der Waals surface area contributed by atoms with E-state index >= 15 is 0 Å². The molecular weight excluding hydrogens is 298 g/mol. The molecule has 108 valence electrons. The molecule has 1 N–H and O–H groups in total. The fraction of sp³-hybridized carbons (Fsp3) is 0.357. The van der Waals surface area contributed by atoms with Gasteiger partial charge in [-0.2, -0.15) is 0 Å². The van der Waals surface area contributed by atoms with E-state index in [0.717, 1.165) is 5.56 Å². The van der Waals surface area contributed by atoms with E-state index in [1.165, 1.54) is 0 Å². The highest BCUT2D eigenvalue weighted by atomic mass is 35.5. The second-order valence-electron chi connectivity index (χ2n) is 5.04.